The molecule has 4 nitrogen and oxygen atoms in total. The summed E-state index contributed by atoms with van der Waals surface area (Å²) in [5.74, 6) is 0.607. The van der Waals surface area contributed by atoms with Crippen LogP contribution in [0.1, 0.15) is 43.5 Å². The monoisotopic (exact) mass is 307 g/mol. The predicted octanol–water partition coefficient (Wildman–Crippen LogP) is 2.32. The zero-order chi connectivity index (χ0) is 15.2. The Morgan fingerprint density at radius 1 is 1.33 bits per heavy atom. The first kappa shape index (κ1) is 16.2. The van der Waals surface area contributed by atoms with Crippen LogP contribution in [0.15, 0.2) is 6.07 Å². The Kier molecular flexibility index (Phi) is 5.94. The van der Waals surface area contributed by atoms with Crippen molar-refractivity contribution in [2.45, 2.75) is 39.5 Å². The molecule has 1 heterocycles. The SMILES string of the molecule is CCN(CC)CCOc1nc2c(cc1C(N)=S)CCCC2. The van der Waals surface area contributed by atoms with Crippen molar-refractivity contribution in [1.29, 1.82) is 0 Å². The summed E-state index contributed by atoms with van der Waals surface area (Å²) >= 11 is 5.15. The van der Waals surface area contributed by atoms with Crippen LogP contribution in [0.5, 0.6) is 5.88 Å². The zero-order valence-corrected chi connectivity index (χ0v) is 13.8. The van der Waals surface area contributed by atoms with Gasteiger partial charge in [0.15, 0.2) is 0 Å². The van der Waals surface area contributed by atoms with E-state index in [9.17, 15) is 0 Å². The smallest absolute Gasteiger partial charge is 0.224 e. The second kappa shape index (κ2) is 7.71. The Bertz CT molecular complexity index is 501. The fourth-order valence-electron chi connectivity index (χ4n) is 2.71. The summed E-state index contributed by atoms with van der Waals surface area (Å²) in [5.41, 5.74) is 9.05. The summed E-state index contributed by atoms with van der Waals surface area (Å²) in [6.45, 7) is 7.87. The number of aryl methyl sites for hydroxylation is 2. The minimum atomic E-state index is 0.369. The molecule has 0 atom stereocenters. The van der Waals surface area contributed by atoms with Crippen LogP contribution in [-0.2, 0) is 12.8 Å². The molecule has 2 rings (SSSR count). The van der Waals surface area contributed by atoms with E-state index in [1.54, 1.807) is 0 Å². The average Bonchev–Trinajstić information content (AvgIpc) is 2.50. The van der Waals surface area contributed by atoms with Crippen molar-refractivity contribution < 1.29 is 4.74 Å². The van der Waals surface area contributed by atoms with Gasteiger partial charge in [-0.25, -0.2) is 4.98 Å². The van der Waals surface area contributed by atoms with Gasteiger partial charge in [-0.2, -0.15) is 0 Å². The number of nitrogens with zero attached hydrogens (tertiary/aromatic N) is 2. The van der Waals surface area contributed by atoms with E-state index in [1.807, 2.05) is 0 Å². The van der Waals surface area contributed by atoms with Crippen molar-refractivity contribution in [2.75, 3.05) is 26.2 Å². The normalized spacial score (nSPS) is 14.0. The second-order valence-electron chi connectivity index (χ2n) is 5.39. The molecule has 0 aliphatic heterocycles. The highest BCUT2D eigenvalue weighted by atomic mass is 32.1. The number of ether oxygens (including phenoxy) is 1. The molecular weight excluding hydrogens is 282 g/mol. The van der Waals surface area contributed by atoms with Crippen LogP contribution in [0.4, 0.5) is 0 Å². The molecule has 0 unspecified atom stereocenters. The summed E-state index contributed by atoms with van der Waals surface area (Å²) < 4.78 is 5.88. The van der Waals surface area contributed by atoms with Gasteiger partial charge in [0.1, 0.15) is 11.6 Å². The van der Waals surface area contributed by atoms with Gasteiger partial charge in [0.2, 0.25) is 5.88 Å². The molecule has 1 aliphatic rings. The lowest BCUT2D eigenvalue weighted by atomic mass is 9.95. The van der Waals surface area contributed by atoms with Gasteiger partial charge in [-0.05, 0) is 50.4 Å². The molecule has 0 bridgehead atoms. The standard InChI is InChI=1S/C16H25N3OS/c1-3-19(4-2)9-10-20-16-13(15(17)21)11-12-7-5-6-8-14(12)18-16/h11H,3-10H2,1-2H3,(H2,17,21). The number of nitrogens with two attached hydrogens (primary N) is 1. The molecule has 0 spiro atoms. The van der Waals surface area contributed by atoms with Gasteiger partial charge in [-0.1, -0.05) is 26.1 Å². The van der Waals surface area contributed by atoms with E-state index in [4.69, 9.17) is 22.7 Å². The van der Waals surface area contributed by atoms with Crippen molar-refractivity contribution in [2.24, 2.45) is 5.73 Å². The molecule has 0 radical (unpaired) electrons. The molecule has 21 heavy (non-hydrogen) atoms. The molecule has 116 valence electrons. The quantitative estimate of drug-likeness (QED) is 0.784. The molecule has 1 aliphatic carbocycles. The Morgan fingerprint density at radius 2 is 2.05 bits per heavy atom. The topological polar surface area (TPSA) is 51.4 Å². The Balaban J connectivity index is 2.11. The van der Waals surface area contributed by atoms with Gasteiger partial charge in [0.05, 0.1) is 5.56 Å². The third-order valence-corrected chi connectivity index (χ3v) is 4.29. The van der Waals surface area contributed by atoms with Gasteiger partial charge in [0, 0.05) is 12.2 Å². The van der Waals surface area contributed by atoms with Crippen LogP contribution in [0, 0.1) is 0 Å². The number of likely N-dealkylation sites (N-methyl/N-ethyl adjacent to an activating group) is 1. The zero-order valence-electron chi connectivity index (χ0n) is 13.0. The largest absolute Gasteiger partial charge is 0.476 e. The maximum absolute atomic E-state index is 5.88. The number of rotatable bonds is 7. The molecule has 1 aromatic heterocycles. The van der Waals surface area contributed by atoms with E-state index in [0.29, 0.717) is 17.5 Å². The molecule has 0 fully saturated rings. The van der Waals surface area contributed by atoms with Crippen molar-refractivity contribution in [3.8, 4) is 5.88 Å². The third kappa shape index (κ3) is 4.14. The second-order valence-corrected chi connectivity index (χ2v) is 5.83. The van der Waals surface area contributed by atoms with Crippen LogP contribution >= 0.6 is 12.2 Å². The summed E-state index contributed by atoms with van der Waals surface area (Å²) in [4.78, 5) is 7.36. The lowest BCUT2D eigenvalue weighted by Crippen LogP contribution is -2.28. The molecule has 0 aromatic carbocycles. The maximum atomic E-state index is 5.88. The van der Waals surface area contributed by atoms with Crippen LogP contribution in [0.25, 0.3) is 0 Å². The minimum Gasteiger partial charge on any atom is -0.476 e. The fourth-order valence-corrected chi connectivity index (χ4v) is 2.86. The van der Waals surface area contributed by atoms with Gasteiger partial charge < -0.3 is 15.4 Å². The van der Waals surface area contributed by atoms with Gasteiger partial charge in [-0.15, -0.1) is 0 Å². The van der Waals surface area contributed by atoms with Crippen molar-refractivity contribution in [3.63, 3.8) is 0 Å². The van der Waals surface area contributed by atoms with Crippen LogP contribution in [0.2, 0.25) is 0 Å². The molecule has 0 saturated heterocycles. The number of hydrogen-bond donors (Lipinski definition) is 1. The minimum absolute atomic E-state index is 0.369. The average molecular weight is 307 g/mol. The highest BCUT2D eigenvalue weighted by Gasteiger charge is 2.17. The summed E-state index contributed by atoms with van der Waals surface area (Å²) in [7, 11) is 0. The van der Waals surface area contributed by atoms with E-state index in [-0.39, 0.29) is 0 Å². The highest BCUT2D eigenvalue weighted by molar-refractivity contribution is 7.80. The molecule has 2 N–H and O–H groups in total. The highest BCUT2D eigenvalue weighted by Crippen LogP contribution is 2.26. The first-order chi connectivity index (χ1) is 10.2. The van der Waals surface area contributed by atoms with E-state index < -0.39 is 0 Å². The van der Waals surface area contributed by atoms with Crippen LogP contribution in [-0.4, -0.2) is 41.1 Å². The van der Waals surface area contributed by atoms with E-state index in [2.05, 4.69) is 29.8 Å². The predicted molar refractivity (Wildman–Crippen MR) is 90.0 cm³/mol. The summed E-state index contributed by atoms with van der Waals surface area (Å²) in [6, 6.07) is 2.08. The molecular formula is C16H25N3OS. The maximum Gasteiger partial charge on any atom is 0.224 e. The van der Waals surface area contributed by atoms with Crippen LogP contribution < -0.4 is 10.5 Å². The number of aromatic nitrogens is 1. The Morgan fingerprint density at radius 3 is 2.71 bits per heavy atom. The Hall–Kier alpha value is -1.20. The molecule has 0 amide bonds. The Labute approximate surface area is 132 Å². The van der Waals surface area contributed by atoms with Gasteiger partial charge >= 0.3 is 0 Å². The van der Waals surface area contributed by atoms with Crippen molar-refractivity contribution in [1.82, 2.24) is 9.88 Å². The van der Waals surface area contributed by atoms with E-state index in [1.165, 1.54) is 18.4 Å². The van der Waals surface area contributed by atoms with Crippen LogP contribution in [0.3, 0.4) is 0 Å². The lowest BCUT2D eigenvalue weighted by molar-refractivity contribution is 0.217. The first-order valence-electron chi connectivity index (χ1n) is 7.83. The first-order valence-corrected chi connectivity index (χ1v) is 8.24. The summed E-state index contributed by atoms with van der Waals surface area (Å²) in [5, 5.41) is 0. The van der Waals surface area contributed by atoms with Gasteiger partial charge in [0.25, 0.3) is 0 Å². The van der Waals surface area contributed by atoms with Gasteiger partial charge in [-0.3, -0.25) is 0 Å². The number of thiocarbonyl (C=S) groups is 1. The molecule has 1 aromatic rings. The van der Waals surface area contributed by atoms with E-state index >= 15 is 0 Å². The fraction of sp³-hybridized carbons (Fsp3) is 0.625. The van der Waals surface area contributed by atoms with Crippen molar-refractivity contribution in [3.05, 3.63) is 22.9 Å². The number of hydrogen-bond acceptors (Lipinski definition) is 4. The third-order valence-electron chi connectivity index (χ3n) is 4.07. The molecule has 0 saturated carbocycles. The lowest BCUT2D eigenvalue weighted by Gasteiger charge is -2.20. The number of fused-ring (bicyclic) bond motifs is 1. The molecule has 5 heteroatoms. The van der Waals surface area contributed by atoms with Crippen molar-refractivity contribution >= 4 is 17.2 Å². The van der Waals surface area contributed by atoms with E-state index in [0.717, 1.165) is 43.7 Å². The number of pyridine rings is 1. The summed E-state index contributed by atoms with van der Waals surface area (Å²) in [6.07, 6.45) is 4.51.